The Morgan fingerprint density at radius 1 is 1.50 bits per heavy atom. The van der Waals surface area contributed by atoms with Crippen LogP contribution in [-0.2, 0) is 4.79 Å². The van der Waals surface area contributed by atoms with Gasteiger partial charge < -0.3 is 10.2 Å². The van der Waals surface area contributed by atoms with Gasteiger partial charge in [0.15, 0.2) is 0 Å². The molecular formula is C7H12O3. The predicted octanol–water partition coefficient (Wildman–Crippen LogP) is 0.644. The first-order valence-electron chi connectivity index (χ1n) is 3.13. The molecule has 3 nitrogen and oxygen atoms in total. The van der Waals surface area contributed by atoms with Crippen molar-refractivity contribution in [3.63, 3.8) is 0 Å². The fraction of sp³-hybridized carbons (Fsp3) is 0.571. The van der Waals surface area contributed by atoms with Gasteiger partial charge in [0.25, 0.3) is 0 Å². The highest BCUT2D eigenvalue weighted by Crippen LogP contribution is 2.02. The van der Waals surface area contributed by atoms with Gasteiger partial charge in [-0.3, -0.25) is 0 Å². The van der Waals surface area contributed by atoms with E-state index in [1.165, 1.54) is 6.08 Å². The third-order valence-electron chi connectivity index (χ3n) is 1.30. The van der Waals surface area contributed by atoms with Gasteiger partial charge in [0.1, 0.15) is 0 Å². The number of rotatable bonds is 3. The molecule has 0 aliphatic carbocycles. The number of carboxylic acids is 1. The molecule has 0 aromatic rings. The zero-order chi connectivity index (χ0) is 8.15. The van der Waals surface area contributed by atoms with Crippen molar-refractivity contribution >= 4 is 5.97 Å². The van der Waals surface area contributed by atoms with Gasteiger partial charge in [-0.1, -0.05) is 13.0 Å². The summed E-state index contributed by atoms with van der Waals surface area (Å²) in [5.41, 5.74) is 0. The van der Waals surface area contributed by atoms with Crippen LogP contribution in [0.25, 0.3) is 0 Å². The van der Waals surface area contributed by atoms with Crippen LogP contribution in [0, 0.1) is 5.92 Å². The fourth-order valence-corrected chi connectivity index (χ4v) is 0.395. The van der Waals surface area contributed by atoms with Crippen molar-refractivity contribution in [3.05, 3.63) is 12.2 Å². The normalized spacial score (nSPS) is 17.1. The highest BCUT2D eigenvalue weighted by atomic mass is 16.4. The summed E-state index contributed by atoms with van der Waals surface area (Å²) in [6, 6.07) is 0. The Hall–Kier alpha value is -0.830. The SMILES string of the molecule is C[C@H](/C=C/C(=O)O)[C@@H](C)O. The Balaban J connectivity index is 3.77. The van der Waals surface area contributed by atoms with Gasteiger partial charge in [-0.25, -0.2) is 4.79 Å². The van der Waals surface area contributed by atoms with E-state index < -0.39 is 12.1 Å². The first-order valence-corrected chi connectivity index (χ1v) is 3.13. The molecule has 0 radical (unpaired) electrons. The molecule has 0 aliphatic heterocycles. The van der Waals surface area contributed by atoms with E-state index in [1.54, 1.807) is 13.8 Å². The predicted molar refractivity (Wildman–Crippen MR) is 37.6 cm³/mol. The van der Waals surface area contributed by atoms with Crippen molar-refractivity contribution in [1.82, 2.24) is 0 Å². The Kier molecular flexibility index (Phi) is 3.72. The van der Waals surface area contributed by atoms with Crippen LogP contribution in [0.15, 0.2) is 12.2 Å². The van der Waals surface area contributed by atoms with Gasteiger partial charge >= 0.3 is 5.97 Å². The molecule has 0 unspecified atom stereocenters. The van der Waals surface area contributed by atoms with Crippen molar-refractivity contribution in [2.75, 3.05) is 0 Å². The van der Waals surface area contributed by atoms with Crippen molar-refractivity contribution in [2.24, 2.45) is 5.92 Å². The maximum Gasteiger partial charge on any atom is 0.327 e. The smallest absolute Gasteiger partial charge is 0.327 e. The van der Waals surface area contributed by atoms with Crippen LogP contribution < -0.4 is 0 Å². The molecule has 0 spiro atoms. The lowest BCUT2D eigenvalue weighted by molar-refractivity contribution is -0.131. The quantitative estimate of drug-likeness (QED) is 0.571. The summed E-state index contributed by atoms with van der Waals surface area (Å²) in [5, 5.41) is 17.1. The summed E-state index contributed by atoms with van der Waals surface area (Å²) >= 11 is 0. The van der Waals surface area contributed by atoms with Crippen molar-refractivity contribution < 1.29 is 15.0 Å². The van der Waals surface area contributed by atoms with Gasteiger partial charge in [-0.05, 0) is 6.92 Å². The molecule has 0 rings (SSSR count). The lowest BCUT2D eigenvalue weighted by atomic mass is 10.1. The molecule has 0 bridgehead atoms. The molecule has 0 heterocycles. The molecule has 2 atom stereocenters. The summed E-state index contributed by atoms with van der Waals surface area (Å²) in [6.07, 6.45) is 2.01. The fourth-order valence-electron chi connectivity index (χ4n) is 0.395. The van der Waals surface area contributed by atoms with E-state index >= 15 is 0 Å². The number of carboxylic acid groups (broad SMARTS) is 1. The number of aliphatic hydroxyl groups is 1. The maximum atomic E-state index is 9.96. The van der Waals surface area contributed by atoms with E-state index in [0.717, 1.165) is 6.08 Å². The van der Waals surface area contributed by atoms with Crippen LogP contribution >= 0.6 is 0 Å². The molecule has 0 amide bonds. The molecule has 2 N–H and O–H groups in total. The largest absolute Gasteiger partial charge is 0.478 e. The van der Waals surface area contributed by atoms with Crippen molar-refractivity contribution in [3.8, 4) is 0 Å². The van der Waals surface area contributed by atoms with E-state index in [-0.39, 0.29) is 5.92 Å². The first-order chi connectivity index (χ1) is 4.54. The summed E-state index contributed by atoms with van der Waals surface area (Å²) in [4.78, 5) is 9.96. The van der Waals surface area contributed by atoms with Gasteiger partial charge in [0, 0.05) is 12.0 Å². The van der Waals surface area contributed by atoms with Crippen LogP contribution in [-0.4, -0.2) is 22.3 Å². The first kappa shape index (κ1) is 9.17. The Morgan fingerprint density at radius 3 is 2.30 bits per heavy atom. The van der Waals surface area contributed by atoms with Gasteiger partial charge in [-0.2, -0.15) is 0 Å². The van der Waals surface area contributed by atoms with E-state index in [2.05, 4.69) is 0 Å². The van der Waals surface area contributed by atoms with Gasteiger partial charge in [0.2, 0.25) is 0 Å². The Labute approximate surface area is 60.0 Å². The highest BCUT2D eigenvalue weighted by Gasteiger charge is 2.03. The van der Waals surface area contributed by atoms with Gasteiger partial charge in [0.05, 0.1) is 6.10 Å². The minimum Gasteiger partial charge on any atom is -0.478 e. The zero-order valence-corrected chi connectivity index (χ0v) is 6.11. The standard InChI is InChI=1S/C7H12O3/c1-5(6(2)8)3-4-7(9)10/h3-6,8H,1-2H3,(H,9,10)/b4-3+/t5-,6-/m1/s1. The van der Waals surface area contributed by atoms with Crippen LogP contribution in [0.3, 0.4) is 0 Å². The maximum absolute atomic E-state index is 9.96. The molecule has 10 heavy (non-hydrogen) atoms. The zero-order valence-electron chi connectivity index (χ0n) is 6.11. The minimum absolute atomic E-state index is 0.101. The lowest BCUT2D eigenvalue weighted by Crippen LogP contribution is -2.10. The molecule has 0 aromatic carbocycles. The summed E-state index contributed by atoms with van der Waals surface area (Å²) in [5.74, 6) is -1.08. The summed E-state index contributed by atoms with van der Waals surface area (Å²) in [7, 11) is 0. The van der Waals surface area contributed by atoms with E-state index in [4.69, 9.17) is 10.2 Å². The second-order valence-electron chi connectivity index (χ2n) is 2.30. The number of aliphatic carboxylic acids is 1. The van der Waals surface area contributed by atoms with E-state index in [1.807, 2.05) is 0 Å². The van der Waals surface area contributed by atoms with Crippen molar-refractivity contribution in [2.45, 2.75) is 20.0 Å². The molecule has 0 saturated carbocycles. The number of hydrogen-bond donors (Lipinski definition) is 2. The molecule has 0 aromatic heterocycles. The molecule has 0 fully saturated rings. The third-order valence-corrected chi connectivity index (χ3v) is 1.30. The van der Waals surface area contributed by atoms with E-state index in [9.17, 15) is 4.79 Å². The second-order valence-corrected chi connectivity index (χ2v) is 2.30. The Morgan fingerprint density at radius 2 is 2.00 bits per heavy atom. The Bertz CT molecular complexity index is 138. The van der Waals surface area contributed by atoms with Gasteiger partial charge in [-0.15, -0.1) is 0 Å². The second kappa shape index (κ2) is 4.06. The molecule has 0 aliphatic rings. The number of aliphatic hydroxyl groups excluding tert-OH is 1. The average Bonchev–Trinajstić information content (AvgIpc) is 1.82. The van der Waals surface area contributed by atoms with Crippen LogP contribution in [0.1, 0.15) is 13.8 Å². The summed E-state index contributed by atoms with van der Waals surface area (Å²) in [6.45, 7) is 3.38. The van der Waals surface area contributed by atoms with Crippen molar-refractivity contribution in [1.29, 1.82) is 0 Å². The molecular weight excluding hydrogens is 132 g/mol. The minimum atomic E-state index is -0.979. The lowest BCUT2D eigenvalue weighted by Gasteiger charge is -2.07. The number of hydrogen-bond acceptors (Lipinski definition) is 2. The monoisotopic (exact) mass is 144 g/mol. The molecule has 58 valence electrons. The van der Waals surface area contributed by atoms with Crippen LogP contribution in [0.2, 0.25) is 0 Å². The third kappa shape index (κ3) is 4.09. The highest BCUT2D eigenvalue weighted by molar-refractivity contribution is 5.79. The topological polar surface area (TPSA) is 57.5 Å². The summed E-state index contributed by atoms with van der Waals surface area (Å²) < 4.78 is 0. The number of carbonyl (C=O) groups is 1. The molecule has 3 heteroatoms. The average molecular weight is 144 g/mol. The van der Waals surface area contributed by atoms with E-state index in [0.29, 0.717) is 0 Å². The van der Waals surface area contributed by atoms with Crippen LogP contribution in [0.4, 0.5) is 0 Å². The van der Waals surface area contributed by atoms with Crippen LogP contribution in [0.5, 0.6) is 0 Å². The molecule has 0 saturated heterocycles.